The average Bonchev–Trinajstić information content (AvgIpc) is 3.28. The molecule has 1 aliphatic heterocycles. The summed E-state index contributed by atoms with van der Waals surface area (Å²) in [4.78, 5) is 42.5. The summed E-state index contributed by atoms with van der Waals surface area (Å²) in [5, 5.41) is 0.265. The number of ether oxygens (including phenoxy) is 4. The van der Waals surface area contributed by atoms with E-state index in [4.69, 9.17) is 30.5 Å². The number of piperidine rings is 1. The van der Waals surface area contributed by atoms with E-state index in [-0.39, 0.29) is 42.2 Å². The summed E-state index contributed by atoms with van der Waals surface area (Å²) in [5.41, 5.74) is 0.0111. The van der Waals surface area contributed by atoms with E-state index in [1.54, 1.807) is 23.1 Å². The number of carbonyl (C=O) groups is 2. The van der Waals surface area contributed by atoms with Crippen LogP contribution in [0.1, 0.15) is 49.5 Å². The molecule has 2 aromatic carbocycles. The number of halogens is 2. The van der Waals surface area contributed by atoms with Crippen LogP contribution in [0.4, 0.5) is 9.18 Å². The zero-order chi connectivity index (χ0) is 37.8. The fourth-order valence-electron chi connectivity index (χ4n) is 5.93. The van der Waals surface area contributed by atoms with E-state index in [0.29, 0.717) is 50.2 Å². The molecule has 282 valence electrons. The van der Waals surface area contributed by atoms with E-state index in [0.717, 1.165) is 17.7 Å². The summed E-state index contributed by atoms with van der Waals surface area (Å²) in [7, 11) is -2.76. The Hall–Kier alpha value is -2.98. The Morgan fingerprint density at radius 1 is 0.882 bits per heavy atom. The number of imidazole rings is 1. The quantitative estimate of drug-likeness (QED) is 0.0925. The highest BCUT2D eigenvalue weighted by atomic mass is 35.5. The summed E-state index contributed by atoms with van der Waals surface area (Å²) in [6.45, 7) is 20.6. The predicted molar refractivity (Wildman–Crippen MR) is 205 cm³/mol. The van der Waals surface area contributed by atoms with Gasteiger partial charge < -0.3 is 23.8 Å². The van der Waals surface area contributed by atoms with Gasteiger partial charge in [0, 0.05) is 52.9 Å². The molecule has 0 bridgehead atoms. The van der Waals surface area contributed by atoms with E-state index < -0.39 is 39.2 Å². The predicted octanol–water partition coefficient (Wildman–Crippen LogP) is 8.35. The topological polar surface area (TPSA) is 101 Å². The van der Waals surface area contributed by atoms with E-state index in [9.17, 15) is 18.8 Å². The second kappa shape index (κ2) is 16.4. The van der Waals surface area contributed by atoms with Gasteiger partial charge in [0.2, 0.25) is 0 Å². The van der Waals surface area contributed by atoms with E-state index >= 15 is 0 Å². The van der Waals surface area contributed by atoms with Gasteiger partial charge in [0.15, 0.2) is 0 Å². The number of benzene rings is 2. The van der Waals surface area contributed by atoms with Crippen molar-refractivity contribution in [1.29, 1.82) is 0 Å². The van der Waals surface area contributed by atoms with Crippen LogP contribution in [-0.4, -0.2) is 80.8 Å². The number of aromatic nitrogens is 2. The zero-order valence-electron chi connectivity index (χ0n) is 31.7. The van der Waals surface area contributed by atoms with Crippen LogP contribution in [0.5, 0.6) is 0 Å². The molecule has 51 heavy (non-hydrogen) atoms. The molecule has 0 N–H and O–H groups in total. The van der Waals surface area contributed by atoms with Crippen molar-refractivity contribution < 1.29 is 32.9 Å². The van der Waals surface area contributed by atoms with Gasteiger partial charge in [-0.2, -0.15) is 0 Å². The molecule has 4 rings (SSSR count). The summed E-state index contributed by atoms with van der Waals surface area (Å²) in [6, 6.07) is 11.2. The van der Waals surface area contributed by atoms with Gasteiger partial charge in [-0.15, -0.1) is 0 Å². The van der Waals surface area contributed by atoms with Crippen LogP contribution in [0, 0.1) is 5.82 Å². The number of hydrogen-bond acceptors (Lipinski definition) is 7. The van der Waals surface area contributed by atoms with E-state index in [1.165, 1.54) is 27.3 Å². The second-order valence-electron chi connectivity index (χ2n) is 17.0. The molecule has 0 saturated carbocycles. The molecule has 1 saturated heterocycles. The molecular formula is C37H55ClFN3O7Si2. The summed E-state index contributed by atoms with van der Waals surface area (Å²) in [5.74, 6) is -1.04. The maximum Gasteiger partial charge on any atom is 0.410 e. The lowest BCUT2D eigenvalue weighted by atomic mass is 9.73. The van der Waals surface area contributed by atoms with Gasteiger partial charge in [0.05, 0.1) is 16.6 Å². The largest absolute Gasteiger partial charge is 0.461 e. The molecule has 1 aromatic heterocycles. The van der Waals surface area contributed by atoms with Crippen molar-refractivity contribution in [2.75, 3.05) is 32.9 Å². The van der Waals surface area contributed by atoms with Crippen molar-refractivity contribution in [2.24, 2.45) is 0 Å². The van der Waals surface area contributed by atoms with Gasteiger partial charge in [-0.3, -0.25) is 9.13 Å². The van der Waals surface area contributed by atoms with Gasteiger partial charge in [0.25, 0.3) is 0 Å². The number of rotatable bonds is 14. The average molecular weight is 764 g/mol. The lowest BCUT2D eigenvalue weighted by Crippen LogP contribution is -2.48. The minimum atomic E-state index is -1.39. The third kappa shape index (κ3) is 11.3. The number of nitrogens with zero attached hydrogens (tertiary/aromatic N) is 3. The lowest BCUT2D eigenvalue weighted by Gasteiger charge is -2.42. The number of likely N-dealkylation sites (tertiary alicyclic amines) is 1. The van der Waals surface area contributed by atoms with Gasteiger partial charge in [-0.25, -0.2) is 18.8 Å². The minimum absolute atomic E-state index is 0.00161. The first-order chi connectivity index (χ1) is 23.7. The monoisotopic (exact) mass is 763 g/mol. The van der Waals surface area contributed by atoms with Crippen LogP contribution in [-0.2, 0) is 37.8 Å². The molecule has 2 heterocycles. The molecule has 0 aliphatic carbocycles. The highest BCUT2D eigenvalue weighted by molar-refractivity contribution is 6.76. The first kappa shape index (κ1) is 40.8. The number of amides is 1. The van der Waals surface area contributed by atoms with Crippen molar-refractivity contribution in [2.45, 2.75) is 109 Å². The maximum atomic E-state index is 14.1. The Labute approximate surface area is 308 Å². The van der Waals surface area contributed by atoms with Crippen LogP contribution in [0.2, 0.25) is 56.4 Å². The molecule has 0 spiro atoms. The fraction of sp³-hybridized carbons (Fsp3) is 0.595. The highest BCUT2D eigenvalue weighted by Gasteiger charge is 2.40. The Kier molecular flexibility index (Phi) is 13.1. The third-order valence-corrected chi connectivity index (χ3v) is 12.7. The number of esters is 1. The summed E-state index contributed by atoms with van der Waals surface area (Å²) < 4.78 is 40.6. The molecule has 3 aromatic rings. The van der Waals surface area contributed by atoms with Gasteiger partial charge in [-0.1, -0.05) is 63.0 Å². The van der Waals surface area contributed by atoms with Gasteiger partial charge >= 0.3 is 17.8 Å². The molecule has 10 nitrogen and oxygen atoms in total. The molecule has 0 atom stereocenters. The van der Waals surface area contributed by atoms with Crippen LogP contribution >= 0.6 is 11.6 Å². The van der Waals surface area contributed by atoms with Gasteiger partial charge in [0.1, 0.15) is 31.5 Å². The van der Waals surface area contributed by atoms with Crippen LogP contribution in [0.15, 0.2) is 41.2 Å². The second-order valence-corrected chi connectivity index (χ2v) is 28.7. The first-order valence-corrected chi connectivity index (χ1v) is 25.5. The Bertz CT molecular complexity index is 1730. The van der Waals surface area contributed by atoms with E-state index in [1.807, 2.05) is 20.8 Å². The summed E-state index contributed by atoms with van der Waals surface area (Å²) in [6.07, 6.45) is 0.501. The molecule has 1 aliphatic rings. The van der Waals surface area contributed by atoms with Crippen LogP contribution < -0.4 is 5.69 Å². The van der Waals surface area contributed by atoms with Crippen LogP contribution in [0.25, 0.3) is 11.0 Å². The molecule has 14 heteroatoms. The highest BCUT2D eigenvalue weighted by Crippen LogP contribution is 2.37. The van der Waals surface area contributed by atoms with Crippen molar-refractivity contribution in [3.8, 4) is 0 Å². The molecule has 0 unspecified atom stereocenters. The van der Waals surface area contributed by atoms with Crippen molar-refractivity contribution in [3.05, 3.63) is 68.8 Å². The Morgan fingerprint density at radius 3 is 1.96 bits per heavy atom. The summed E-state index contributed by atoms with van der Waals surface area (Å²) >= 11 is 6.60. The minimum Gasteiger partial charge on any atom is -0.461 e. The third-order valence-electron chi connectivity index (χ3n) is 9.04. The zero-order valence-corrected chi connectivity index (χ0v) is 34.5. The van der Waals surface area contributed by atoms with Crippen molar-refractivity contribution >= 4 is 50.8 Å². The maximum absolute atomic E-state index is 14.1. The van der Waals surface area contributed by atoms with Crippen molar-refractivity contribution in [3.63, 3.8) is 0 Å². The standard InChI is InChI=1S/C37H55ClFN3O7Si2/c1-36(2,3)49-35(45)40-16-14-37(15-17-40,27-10-12-29(39)13-11-27)24-48-33(43)30-22-28(38)23-31-32(30)42(26-47-19-21-51(7,8)9)34(44)41(31)25-46-18-20-50(4,5)6/h10-13,22-23H,14-21,24-26H2,1-9H3. The first-order valence-electron chi connectivity index (χ1n) is 17.7. The molecule has 0 radical (unpaired) electrons. The Morgan fingerprint density at radius 2 is 1.43 bits per heavy atom. The number of carbonyl (C=O) groups excluding carboxylic acids is 2. The molecule has 1 amide bonds. The normalized spacial score (nSPS) is 15.3. The van der Waals surface area contributed by atoms with Crippen LogP contribution in [0.3, 0.4) is 0 Å². The number of hydrogen-bond donors (Lipinski definition) is 0. The SMILES string of the molecule is CC(C)(C)OC(=O)N1CCC(COC(=O)c2cc(Cl)cc3c2n(COCC[Si](C)(C)C)c(=O)n3COCC[Si](C)(C)C)(c2ccc(F)cc2)CC1. The smallest absolute Gasteiger partial charge is 0.410 e. The fourth-order valence-corrected chi connectivity index (χ4v) is 7.66. The van der Waals surface area contributed by atoms with Crippen molar-refractivity contribution in [1.82, 2.24) is 14.0 Å². The number of fused-ring (bicyclic) bond motifs is 1. The van der Waals surface area contributed by atoms with E-state index in [2.05, 4.69) is 39.3 Å². The Balaban J connectivity index is 1.65. The lowest BCUT2D eigenvalue weighted by molar-refractivity contribution is 0.00610. The molecular weight excluding hydrogens is 709 g/mol. The van der Waals surface area contributed by atoms with Gasteiger partial charge in [-0.05, 0) is 75.5 Å². The molecule has 1 fully saturated rings.